The minimum Gasteiger partial charge on any atom is -0.471 e. The lowest BCUT2D eigenvalue weighted by molar-refractivity contribution is -0.0498. The molecule has 1 aliphatic rings. The van der Waals surface area contributed by atoms with Crippen molar-refractivity contribution in [1.29, 1.82) is 0 Å². The molecule has 2 aromatic heterocycles. The number of aliphatic hydroxyl groups is 2. The number of rotatable bonds is 7. The van der Waals surface area contributed by atoms with Crippen molar-refractivity contribution in [2.24, 2.45) is 0 Å². The zero-order chi connectivity index (χ0) is 20.4. The van der Waals surface area contributed by atoms with Crippen LogP contribution in [0.2, 0.25) is 0 Å². The minimum absolute atomic E-state index is 0.0585. The van der Waals surface area contributed by atoms with E-state index in [4.69, 9.17) is 9.47 Å². The molecule has 1 saturated heterocycles. The molecular formula is C18H18F2N4O5. The Bertz CT molecular complexity index is 969. The quantitative estimate of drug-likeness (QED) is 0.607. The van der Waals surface area contributed by atoms with Gasteiger partial charge in [0.2, 0.25) is 5.88 Å². The number of hydrogen-bond acceptors (Lipinski definition) is 8. The number of aromatic nitrogens is 4. The predicted molar refractivity (Wildman–Crippen MR) is 94.3 cm³/mol. The predicted octanol–water partition coefficient (Wildman–Crippen LogP) is 1.65. The molecule has 1 aliphatic heterocycles. The number of ether oxygens (including phenoxy) is 3. The Balaban J connectivity index is 1.50. The van der Waals surface area contributed by atoms with Gasteiger partial charge in [-0.2, -0.15) is 13.8 Å². The fourth-order valence-corrected chi connectivity index (χ4v) is 3.14. The van der Waals surface area contributed by atoms with Gasteiger partial charge in [-0.3, -0.25) is 4.57 Å². The van der Waals surface area contributed by atoms with Gasteiger partial charge in [-0.15, -0.1) is 0 Å². The Kier molecular flexibility index (Phi) is 5.51. The lowest BCUT2D eigenvalue weighted by atomic mass is 10.2. The van der Waals surface area contributed by atoms with E-state index < -0.39 is 25.0 Å². The van der Waals surface area contributed by atoms with Crippen LogP contribution in [0.3, 0.4) is 0 Å². The Morgan fingerprint density at radius 1 is 1.21 bits per heavy atom. The molecule has 154 valence electrons. The molecule has 1 fully saturated rings. The summed E-state index contributed by atoms with van der Waals surface area (Å²) in [5, 5.41) is 19.4. The second kappa shape index (κ2) is 8.23. The van der Waals surface area contributed by atoms with Gasteiger partial charge in [0.15, 0.2) is 17.4 Å². The fourth-order valence-electron chi connectivity index (χ4n) is 3.14. The third-order valence-electron chi connectivity index (χ3n) is 4.49. The Labute approximate surface area is 163 Å². The molecule has 29 heavy (non-hydrogen) atoms. The van der Waals surface area contributed by atoms with Crippen LogP contribution < -0.4 is 9.47 Å². The summed E-state index contributed by atoms with van der Waals surface area (Å²) in [4.78, 5) is 12.6. The summed E-state index contributed by atoms with van der Waals surface area (Å²) in [6.07, 6.45) is 1.10. The zero-order valence-corrected chi connectivity index (χ0v) is 15.1. The van der Waals surface area contributed by atoms with Gasteiger partial charge in [-0.1, -0.05) is 12.1 Å². The van der Waals surface area contributed by atoms with Crippen molar-refractivity contribution in [2.45, 2.75) is 38.1 Å². The Morgan fingerprint density at radius 3 is 2.69 bits per heavy atom. The maximum atomic E-state index is 12.2. The molecule has 0 aliphatic carbocycles. The van der Waals surface area contributed by atoms with Crippen molar-refractivity contribution >= 4 is 11.2 Å². The largest absolute Gasteiger partial charge is 0.471 e. The van der Waals surface area contributed by atoms with Crippen molar-refractivity contribution in [3.63, 3.8) is 0 Å². The van der Waals surface area contributed by atoms with E-state index in [1.54, 1.807) is 16.7 Å². The standard InChI is InChI=1S/C18H18F2N4O5/c19-18(20)29-11-3-1-10(2-4-11)7-27-16-14-15(21-8-22-16)24(9-23-14)17-13(26)5-12(6-25)28-17/h1-4,8-9,12-13,17-18,25-26H,5-7H2/t12-,13+,17+/m0/s1. The van der Waals surface area contributed by atoms with Crippen LogP contribution >= 0.6 is 0 Å². The fraction of sp³-hybridized carbons (Fsp3) is 0.389. The van der Waals surface area contributed by atoms with Gasteiger partial charge in [0.1, 0.15) is 24.8 Å². The average Bonchev–Trinajstić information content (AvgIpc) is 3.30. The molecule has 11 heteroatoms. The molecule has 3 atom stereocenters. The van der Waals surface area contributed by atoms with E-state index in [-0.39, 0.29) is 24.8 Å². The number of alkyl halides is 2. The normalized spacial score (nSPS) is 21.8. The summed E-state index contributed by atoms with van der Waals surface area (Å²) in [6, 6.07) is 6.05. The second-order valence-electron chi connectivity index (χ2n) is 6.45. The van der Waals surface area contributed by atoms with Crippen molar-refractivity contribution in [1.82, 2.24) is 19.5 Å². The van der Waals surface area contributed by atoms with Gasteiger partial charge in [-0.05, 0) is 17.7 Å². The third kappa shape index (κ3) is 4.11. The van der Waals surface area contributed by atoms with Crippen LogP contribution in [0.25, 0.3) is 11.2 Å². The second-order valence-corrected chi connectivity index (χ2v) is 6.45. The Morgan fingerprint density at radius 2 is 2.00 bits per heavy atom. The van der Waals surface area contributed by atoms with E-state index >= 15 is 0 Å². The van der Waals surface area contributed by atoms with Crippen molar-refractivity contribution in [3.05, 3.63) is 42.5 Å². The minimum atomic E-state index is -2.88. The lowest BCUT2D eigenvalue weighted by Gasteiger charge is -2.16. The topological polar surface area (TPSA) is 112 Å². The monoisotopic (exact) mass is 408 g/mol. The maximum absolute atomic E-state index is 12.2. The van der Waals surface area contributed by atoms with Crippen LogP contribution in [0.5, 0.6) is 11.6 Å². The summed E-state index contributed by atoms with van der Waals surface area (Å²) in [5.41, 5.74) is 1.52. The van der Waals surface area contributed by atoms with Gasteiger partial charge >= 0.3 is 6.61 Å². The van der Waals surface area contributed by atoms with E-state index in [1.807, 2.05) is 0 Å². The maximum Gasteiger partial charge on any atom is 0.387 e. The van der Waals surface area contributed by atoms with E-state index in [9.17, 15) is 19.0 Å². The summed E-state index contributed by atoms with van der Waals surface area (Å²) in [6.45, 7) is -2.94. The SMILES string of the molecule is OC[C@@H]1C[C@@H](O)[C@H](n2cnc3c(OCc4ccc(OC(F)F)cc4)ncnc32)O1. The number of benzene rings is 1. The van der Waals surface area contributed by atoms with Crippen LogP contribution in [0, 0.1) is 0 Å². The first-order valence-electron chi connectivity index (χ1n) is 8.83. The van der Waals surface area contributed by atoms with Crippen LogP contribution in [-0.2, 0) is 11.3 Å². The van der Waals surface area contributed by atoms with Gasteiger partial charge in [-0.25, -0.2) is 9.97 Å². The molecule has 4 rings (SSSR count). The molecule has 3 heterocycles. The number of hydrogen-bond donors (Lipinski definition) is 2. The summed E-state index contributed by atoms with van der Waals surface area (Å²) in [7, 11) is 0. The first kappa shape index (κ1) is 19.4. The number of halogens is 2. The molecule has 0 bridgehead atoms. The van der Waals surface area contributed by atoms with Gasteiger partial charge in [0.05, 0.1) is 19.0 Å². The summed E-state index contributed by atoms with van der Waals surface area (Å²) >= 11 is 0. The lowest BCUT2D eigenvalue weighted by Crippen LogP contribution is -2.19. The molecule has 0 spiro atoms. The van der Waals surface area contributed by atoms with Crippen LogP contribution in [-0.4, -0.2) is 55.2 Å². The molecule has 1 aromatic carbocycles. The highest BCUT2D eigenvalue weighted by Crippen LogP contribution is 2.32. The first-order valence-corrected chi connectivity index (χ1v) is 8.83. The van der Waals surface area contributed by atoms with Crippen molar-refractivity contribution in [3.8, 4) is 11.6 Å². The molecular weight excluding hydrogens is 390 g/mol. The Hall–Kier alpha value is -2.89. The molecule has 0 amide bonds. The van der Waals surface area contributed by atoms with Gasteiger partial charge < -0.3 is 24.4 Å². The highest BCUT2D eigenvalue weighted by molar-refractivity contribution is 5.76. The molecule has 2 N–H and O–H groups in total. The van der Waals surface area contributed by atoms with Gasteiger partial charge in [0, 0.05) is 6.42 Å². The average molecular weight is 408 g/mol. The first-order chi connectivity index (χ1) is 14.0. The van der Waals surface area contributed by atoms with E-state index in [0.29, 0.717) is 17.6 Å². The molecule has 0 saturated carbocycles. The number of aliphatic hydroxyl groups excluding tert-OH is 2. The van der Waals surface area contributed by atoms with Crippen molar-refractivity contribution in [2.75, 3.05) is 6.61 Å². The summed E-state index contributed by atoms with van der Waals surface area (Å²) in [5.74, 6) is 0.288. The highest BCUT2D eigenvalue weighted by atomic mass is 19.3. The molecule has 3 aromatic rings. The van der Waals surface area contributed by atoms with Crippen LogP contribution in [0.4, 0.5) is 8.78 Å². The molecule has 9 nitrogen and oxygen atoms in total. The van der Waals surface area contributed by atoms with E-state index in [0.717, 1.165) is 5.56 Å². The molecule has 0 radical (unpaired) electrons. The third-order valence-corrected chi connectivity index (χ3v) is 4.49. The smallest absolute Gasteiger partial charge is 0.387 e. The number of fused-ring (bicyclic) bond motifs is 1. The van der Waals surface area contributed by atoms with Crippen LogP contribution in [0.1, 0.15) is 18.2 Å². The highest BCUT2D eigenvalue weighted by Gasteiger charge is 2.36. The van der Waals surface area contributed by atoms with E-state index in [2.05, 4.69) is 19.7 Å². The zero-order valence-electron chi connectivity index (χ0n) is 15.1. The number of imidazole rings is 1. The number of nitrogens with zero attached hydrogens (tertiary/aromatic N) is 4. The van der Waals surface area contributed by atoms with Crippen LogP contribution in [0.15, 0.2) is 36.9 Å². The molecule has 0 unspecified atom stereocenters. The van der Waals surface area contributed by atoms with Crippen molar-refractivity contribution < 1.29 is 33.2 Å². The van der Waals surface area contributed by atoms with Gasteiger partial charge in [0.25, 0.3) is 0 Å². The summed E-state index contributed by atoms with van der Waals surface area (Å²) < 4.78 is 41.7. The van der Waals surface area contributed by atoms with E-state index in [1.165, 1.54) is 24.8 Å².